The second-order valence-corrected chi connectivity index (χ2v) is 6.63. The van der Waals surface area contributed by atoms with Crippen LogP contribution in [0.25, 0.3) is 0 Å². The Bertz CT molecular complexity index is 562. The minimum Gasteiger partial charge on any atom is -0.493 e. The van der Waals surface area contributed by atoms with Crippen LogP contribution in [0.3, 0.4) is 0 Å². The van der Waals surface area contributed by atoms with Crippen LogP contribution in [0.2, 0.25) is 0 Å². The summed E-state index contributed by atoms with van der Waals surface area (Å²) in [5.41, 5.74) is 0.956. The molecule has 0 saturated heterocycles. The zero-order valence-corrected chi connectivity index (χ0v) is 14.4. The highest BCUT2D eigenvalue weighted by Gasteiger charge is 2.49. The minimum absolute atomic E-state index is 0.137. The van der Waals surface area contributed by atoms with Gasteiger partial charge in [-0.3, -0.25) is 4.79 Å². The van der Waals surface area contributed by atoms with Gasteiger partial charge < -0.3 is 14.6 Å². The molecule has 116 valence electrons. The van der Waals surface area contributed by atoms with E-state index in [0.29, 0.717) is 24.3 Å². The third kappa shape index (κ3) is 2.41. The Morgan fingerprint density at radius 2 is 1.95 bits per heavy atom. The second kappa shape index (κ2) is 5.87. The van der Waals surface area contributed by atoms with Gasteiger partial charge >= 0.3 is 5.97 Å². The number of rotatable bonds is 5. The third-order valence-electron chi connectivity index (χ3n) is 4.33. The largest absolute Gasteiger partial charge is 0.493 e. The van der Waals surface area contributed by atoms with Gasteiger partial charge in [0.25, 0.3) is 0 Å². The van der Waals surface area contributed by atoms with Crippen LogP contribution in [-0.4, -0.2) is 25.3 Å². The smallest absolute Gasteiger partial charge is 0.314 e. The first-order valence-corrected chi connectivity index (χ1v) is 7.86. The molecule has 1 fully saturated rings. The standard InChI is InChI=1S/C16H21BrO4/c1-9(2)12-13(16(15(18)19)6-5-7-16)10(17)8-11(20-3)14(12)21-4/h8-9H,5-7H2,1-4H3,(H,18,19). The van der Waals surface area contributed by atoms with Crippen LogP contribution in [0.1, 0.15) is 50.2 Å². The fraction of sp³-hybridized carbons (Fsp3) is 0.562. The number of carbonyl (C=O) groups is 1. The molecule has 5 heteroatoms. The van der Waals surface area contributed by atoms with E-state index in [4.69, 9.17) is 9.47 Å². The van der Waals surface area contributed by atoms with Crippen LogP contribution in [0.4, 0.5) is 0 Å². The van der Waals surface area contributed by atoms with Gasteiger partial charge in [0.2, 0.25) is 0 Å². The number of benzene rings is 1. The van der Waals surface area contributed by atoms with E-state index in [1.807, 2.05) is 19.9 Å². The van der Waals surface area contributed by atoms with E-state index in [9.17, 15) is 9.90 Å². The molecule has 1 aromatic rings. The molecule has 0 aliphatic heterocycles. The van der Waals surface area contributed by atoms with Crippen LogP contribution in [0, 0.1) is 0 Å². The molecule has 0 spiro atoms. The van der Waals surface area contributed by atoms with E-state index in [2.05, 4.69) is 15.9 Å². The molecule has 0 bridgehead atoms. The van der Waals surface area contributed by atoms with Crippen molar-refractivity contribution in [1.82, 2.24) is 0 Å². The highest BCUT2D eigenvalue weighted by molar-refractivity contribution is 9.10. The first-order chi connectivity index (χ1) is 9.89. The van der Waals surface area contributed by atoms with Crippen molar-refractivity contribution < 1.29 is 19.4 Å². The van der Waals surface area contributed by atoms with Crippen molar-refractivity contribution in [2.45, 2.75) is 44.4 Å². The summed E-state index contributed by atoms with van der Waals surface area (Å²) in [5.74, 6) is 0.636. The molecule has 1 saturated carbocycles. The molecule has 0 amide bonds. The topological polar surface area (TPSA) is 55.8 Å². The number of hydrogen-bond donors (Lipinski definition) is 1. The van der Waals surface area contributed by atoms with Crippen LogP contribution >= 0.6 is 15.9 Å². The summed E-state index contributed by atoms with van der Waals surface area (Å²) in [4.78, 5) is 11.9. The Morgan fingerprint density at radius 3 is 2.29 bits per heavy atom. The first-order valence-electron chi connectivity index (χ1n) is 7.07. The normalized spacial score (nSPS) is 16.5. The molecule has 0 atom stereocenters. The Hall–Kier alpha value is -1.23. The zero-order valence-electron chi connectivity index (χ0n) is 12.8. The van der Waals surface area contributed by atoms with E-state index < -0.39 is 11.4 Å². The average Bonchev–Trinajstić information content (AvgIpc) is 2.37. The van der Waals surface area contributed by atoms with Gasteiger partial charge in [-0.2, -0.15) is 0 Å². The van der Waals surface area contributed by atoms with Crippen molar-refractivity contribution >= 4 is 21.9 Å². The summed E-state index contributed by atoms with van der Waals surface area (Å²) < 4.78 is 11.7. The van der Waals surface area contributed by atoms with Gasteiger partial charge in [0.1, 0.15) is 0 Å². The van der Waals surface area contributed by atoms with Crippen molar-refractivity contribution in [3.05, 3.63) is 21.7 Å². The highest BCUT2D eigenvalue weighted by atomic mass is 79.9. The van der Waals surface area contributed by atoms with Crippen molar-refractivity contribution in [1.29, 1.82) is 0 Å². The van der Waals surface area contributed by atoms with E-state index in [1.54, 1.807) is 14.2 Å². The van der Waals surface area contributed by atoms with Crippen LogP contribution < -0.4 is 9.47 Å². The fourth-order valence-electron chi connectivity index (χ4n) is 3.13. The van der Waals surface area contributed by atoms with E-state index in [1.165, 1.54) is 0 Å². The Morgan fingerprint density at radius 1 is 1.33 bits per heavy atom. The van der Waals surface area contributed by atoms with Gasteiger partial charge in [-0.15, -0.1) is 0 Å². The first kappa shape index (κ1) is 16.1. The molecule has 0 aromatic heterocycles. The molecule has 21 heavy (non-hydrogen) atoms. The molecular weight excluding hydrogens is 336 g/mol. The Kier molecular flexibility index (Phi) is 4.51. The number of hydrogen-bond acceptors (Lipinski definition) is 3. The van der Waals surface area contributed by atoms with Gasteiger partial charge in [0, 0.05) is 10.0 Å². The molecule has 0 radical (unpaired) electrons. The predicted molar refractivity (Wildman–Crippen MR) is 84.5 cm³/mol. The van der Waals surface area contributed by atoms with Gasteiger partial charge in [0.05, 0.1) is 19.6 Å². The Labute approximate surface area is 133 Å². The summed E-state index contributed by atoms with van der Waals surface area (Å²) in [6.07, 6.45) is 2.26. The molecule has 1 aliphatic carbocycles. The zero-order chi connectivity index (χ0) is 15.8. The predicted octanol–water partition coefficient (Wildman–Crippen LogP) is 4.10. The molecule has 4 nitrogen and oxygen atoms in total. The lowest BCUT2D eigenvalue weighted by Crippen LogP contribution is -2.43. The summed E-state index contributed by atoms with van der Waals surface area (Å²) in [6, 6.07) is 1.81. The molecule has 2 rings (SSSR count). The molecule has 0 heterocycles. The summed E-state index contributed by atoms with van der Waals surface area (Å²) in [7, 11) is 3.18. The average molecular weight is 357 g/mol. The minimum atomic E-state index is -0.808. The van der Waals surface area contributed by atoms with Crippen molar-refractivity contribution in [2.24, 2.45) is 0 Å². The van der Waals surface area contributed by atoms with Gasteiger partial charge in [-0.05, 0) is 30.4 Å². The van der Waals surface area contributed by atoms with Gasteiger partial charge in [-0.1, -0.05) is 36.2 Å². The van der Waals surface area contributed by atoms with Crippen molar-refractivity contribution in [3.8, 4) is 11.5 Å². The molecule has 1 N–H and O–H groups in total. The lowest BCUT2D eigenvalue weighted by atomic mass is 9.62. The number of carboxylic acid groups (broad SMARTS) is 1. The van der Waals surface area contributed by atoms with Crippen LogP contribution in [0.15, 0.2) is 10.5 Å². The number of methoxy groups -OCH3 is 2. The van der Waals surface area contributed by atoms with Crippen molar-refractivity contribution in [2.75, 3.05) is 14.2 Å². The van der Waals surface area contributed by atoms with E-state index >= 15 is 0 Å². The second-order valence-electron chi connectivity index (χ2n) is 5.78. The monoisotopic (exact) mass is 356 g/mol. The van der Waals surface area contributed by atoms with Crippen LogP contribution in [-0.2, 0) is 10.2 Å². The number of carboxylic acids is 1. The quantitative estimate of drug-likeness (QED) is 0.862. The summed E-state index contributed by atoms with van der Waals surface area (Å²) in [5, 5.41) is 9.77. The maximum atomic E-state index is 11.9. The summed E-state index contributed by atoms with van der Waals surface area (Å²) in [6.45, 7) is 4.09. The maximum absolute atomic E-state index is 11.9. The van der Waals surface area contributed by atoms with Gasteiger partial charge in [-0.25, -0.2) is 0 Å². The highest BCUT2D eigenvalue weighted by Crippen LogP contribution is 2.53. The summed E-state index contributed by atoms with van der Waals surface area (Å²) >= 11 is 3.55. The number of ether oxygens (including phenoxy) is 2. The van der Waals surface area contributed by atoms with E-state index in [-0.39, 0.29) is 5.92 Å². The van der Waals surface area contributed by atoms with Gasteiger partial charge in [0.15, 0.2) is 11.5 Å². The molecule has 1 aromatic carbocycles. The maximum Gasteiger partial charge on any atom is 0.314 e. The lowest BCUT2D eigenvalue weighted by Gasteiger charge is -2.41. The van der Waals surface area contributed by atoms with Crippen molar-refractivity contribution in [3.63, 3.8) is 0 Å². The number of halogens is 1. The molecular formula is C16H21BrO4. The fourth-order valence-corrected chi connectivity index (χ4v) is 3.93. The molecule has 1 aliphatic rings. The lowest BCUT2D eigenvalue weighted by molar-refractivity contribution is -0.147. The van der Waals surface area contributed by atoms with E-state index in [0.717, 1.165) is 22.0 Å². The third-order valence-corrected chi connectivity index (χ3v) is 4.96. The SMILES string of the molecule is COc1cc(Br)c(C2(C(=O)O)CCC2)c(C(C)C)c1OC. The molecule has 0 unspecified atom stereocenters. The Balaban J connectivity index is 2.79. The number of aliphatic carboxylic acids is 1. The van der Waals surface area contributed by atoms with Crippen LogP contribution in [0.5, 0.6) is 11.5 Å².